The largest absolute Gasteiger partial charge is 0.349 e. The van der Waals surface area contributed by atoms with Crippen molar-refractivity contribution in [1.29, 1.82) is 0 Å². The minimum Gasteiger partial charge on any atom is -0.349 e. The van der Waals surface area contributed by atoms with Crippen LogP contribution in [0.3, 0.4) is 0 Å². The average molecular weight is 373 g/mol. The zero-order chi connectivity index (χ0) is 15.5. The van der Waals surface area contributed by atoms with Gasteiger partial charge in [0.05, 0.1) is 10.5 Å². The lowest BCUT2D eigenvalue weighted by atomic mass is 10.2. The van der Waals surface area contributed by atoms with Crippen LogP contribution in [0.25, 0.3) is 0 Å². The Morgan fingerprint density at radius 2 is 2.05 bits per heavy atom. The van der Waals surface area contributed by atoms with E-state index in [1.165, 1.54) is 16.4 Å². The molecule has 1 amide bonds. The van der Waals surface area contributed by atoms with Crippen LogP contribution in [-0.4, -0.2) is 38.3 Å². The molecule has 0 bridgehead atoms. The van der Waals surface area contributed by atoms with Crippen molar-refractivity contribution in [1.82, 2.24) is 9.62 Å². The standard InChI is InChI=1S/C14H17BrN2O3S/c1-2-7-16-14(18)12-10-11(5-6-13(12)15)21(19,20)17-8-3-4-9-17/h2,5-6,10H,1,3-4,7-9H2,(H,16,18). The van der Waals surface area contributed by atoms with Gasteiger partial charge in [-0.2, -0.15) is 4.31 Å². The molecular weight excluding hydrogens is 356 g/mol. The molecule has 21 heavy (non-hydrogen) atoms. The van der Waals surface area contributed by atoms with E-state index < -0.39 is 10.0 Å². The summed E-state index contributed by atoms with van der Waals surface area (Å²) < 4.78 is 27.0. The highest BCUT2D eigenvalue weighted by Crippen LogP contribution is 2.25. The van der Waals surface area contributed by atoms with Crippen molar-refractivity contribution in [2.75, 3.05) is 19.6 Å². The lowest BCUT2D eigenvalue weighted by Gasteiger charge is -2.16. The number of hydrogen-bond donors (Lipinski definition) is 1. The van der Waals surface area contributed by atoms with E-state index in [-0.39, 0.29) is 10.8 Å². The van der Waals surface area contributed by atoms with E-state index in [1.54, 1.807) is 12.1 Å². The van der Waals surface area contributed by atoms with E-state index >= 15 is 0 Å². The summed E-state index contributed by atoms with van der Waals surface area (Å²) in [6.45, 7) is 4.93. The third-order valence-corrected chi connectivity index (χ3v) is 5.88. The number of carbonyl (C=O) groups excluding carboxylic acids is 1. The second kappa shape index (κ2) is 6.72. The fourth-order valence-electron chi connectivity index (χ4n) is 2.18. The van der Waals surface area contributed by atoms with Crippen LogP contribution in [0, 0.1) is 0 Å². The summed E-state index contributed by atoms with van der Waals surface area (Å²) in [5.41, 5.74) is 0.303. The van der Waals surface area contributed by atoms with Gasteiger partial charge < -0.3 is 5.32 Å². The molecule has 1 aliphatic heterocycles. The van der Waals surface area contributed by atoms with Gasteiger partial charge in [0.1, 0.15) is 0 Å². The predicted octanol–water partition coefficient (Wildman–Crippen LogP) is 2.15. The lowest BCUT2D eigenvalue weighted by molar-refractivity contribution is 0.0957. The molecule has 0 atom stereocenters. The van der Waals surface area contributed by atoms with Crippen LogP contribution in [-0.2, 0) is 10.0 Å². The Kier molecular flexibility index (Phi) is 5.18. The highest BCUT2D eigenvalue weighted by atomic mass is 79.9. The summed E-state index contributed by atoms with van der Waals surface area (Å²) in [6, 6.07) is 4.52. The number of hydrogen-bond acceptors (Lipinski definition) is 3. The second-order valence-corrected chi connectivity index (χ2v) is 7.54. The third-order valence-electron chi connectivity index (χ3n) is 3.29. The van der Waals surface area contributed by atoms with Crippen LogP contribution >= 0.6 is 15.9 Å². The van der Waals surface area contributed by atoms with Crippen molar-refractivity contribution in [3.05, 3.63) is 40.9 Å². The Hall–Kier alpha value is -1.18. The molecule has 1 aromatic rings. The maximum Gasteiger partial charge on any atom is 0.252 e. The van der Waals surface area contributed by atoms with Crippen molar-refractivity contribution in [2.24, 2.45) is 0 Å². The predicted molar refractivity (Wildman–Crippen MR) is 84.7 cm³/mol. The molecule has 0 aliphatic carbocycles. The SMILES string of the molecule is C=CCNC(=O)c1cc(S(=O)(=O)N2CCCC2)ccc1Br. The first-order chi connectivity index (χ1) is 9.96. The number of sulfonamides is 1. The molecule has 0 saturated carbocycles. The highest BCUT2D eigenvalue weighted by Gasteiger charge is 2.28. The van der Waals surface area contributed by atoms with Crippen molar-refractivity contribution < 1.29 is 13.2 Å². The Balaban J connectivity index is 2.33. The number of benzene rings is 1. The molecule has 0 unspecified atom stereocenters. The molecule has 5 nitrogen and oxygen atoms in total. The van der Waals surface area contributed by atoms with Crippen LogP contribution in [0.5, 0.6) is 0 Å². The number of halogens is 1. The van der Waals surface area contributed by atoms with Crippen LogP contribution in [0.2, 0.25) is 0 Å². The molecule has 1 aliphatic rings. The quantitative estimate of drug-likeness (QED) is 0.805. The van der Waals surface area contributed by atoms with Gasteiger partial charge in [0.2, 0.25) is 10.0 Å². The van der Waals surface area contributed by atoms with Gasteiger partial charge in [0, 0.05) is 24.1 Å². The second-order valence-electron chi connectivity index (χ2n) is 4.75. The van der Waals surface area contributed by atoms with Crippen LogP contribution < -0.4 is 5.32 Å². The first-order valence-corrected chi connectivity index (χ1v) is 8.89. The third kappa shape index (κ3) is 3.53. The van der Waals surface area contributed by atoms with Crippen molar-refractivity contribution in [2.45, 2.75) is 17.7 Å². The molecule has 1 aromatic carbocycles. The Labute approximate surface area is 133 Å². The maximum absolute atomic E-state index is 12.5. The molecule has 0 aromatic heterocycles. The van der Waals surface area contributed by atoms with Gasteiger partial charge in [-0.3, -0.25) is 4.79 Å². The molecule has 0 radical (unpaired) electrons. The summed E-state index contributed by atoms with van der Waals surface area (Å²) in [5.74, 6) is -0.333. The summed E-state index contributed by atoms with van der Waals surface area (Å²) >= 11 is 3.28. The smallest absolute Gasteiger partial charge is 0.252 e. The summed E-state index contributed by atoms with van der Waals surface area (Å²) in [7, 11) is -3.52. The summed E-state index contributed by atoms with van der Waals surface area (Å²) in [5, 5.41) is 2.64. The highest BCUT2D eigenvalue weighted by molar-refractivity contribution is 9.10. The lowest BCUT2D eigenvalue weighted by Crippen LogP contribution is -2.28. The first kappa shape index (κ1) is 16.2. The number of nitrogens with one attached hydrogen (secondary N) is 1. The topological polar surface area (TPSA) is 66.5 Å². The Morgan fingerprint density at radius 3 is 2.67 bits per heavy atom. The summed E-state index contributed by atoms with van der Waals surface area (Å²) in [6.07, 6.45) is 3.32. The van der Waals surface area contributed by atoms with Crippen molar-refractivity contribution in [3.8, 4) is 0 Å². The number of amides is 1. The molecule has 1 N–H and O–H groups in total. The van der Waals surface area contributed by atoms with Crippen LogP contribution in [0.15, 0.2) is 40.2 Å². The van der Waals surface area contributed by atoms with Crippen molar-refractivity contribution >= 4 is 31.9 Å². The monoisotopic (exact) mass is 372 g/mol. The fraction of sp³-hybridized carbons (Fsp3) is 0.357. The molecule has 2 rings (SSSR count). The van der Waals surface area contributed by atoms with Gasteiger partial charge in [-0.15, -0.1) is 6.58 Å². The average Bonchev–Trinajstić information content (AvgIpc) is 3.00. The van der Waals surface area contributed by atoms with E-state index in [0.29, 0.717) is 29.7 Å². The molecule has 114 valence electrons. The van der Waals surface area contributed by atoms with E-state index in [4.69, 9.17) is 0 Å². The van der Waals surface area contributed by atoms with Gasteiger partial charge in [-0.25, -0.2) is 8.42 Å². The van der Waals surface area contributed by atoms with Gasteiger partial charge in [-0.1, -0.05) is 6.08 Å². The van der Waals surface area contributed by atoms with Gasteiger partial charge in [-0.05, 0) is 47.0 Å². The van der Waals surface area contributed by atoms with E-state index in [9.17, 15) is 13.2 Å². The van der Waals surface area contributed by atoms with Gasteiger partial charge >= 0.3 is 0 Å². The number of carbonyl (C=O) groups is 1. The Bertz CT molecular complexity index is 652. The van der Waals surface area contributed by atoms with Crippen LogP contribution in [0.4, 0.5) is 0 Å². The molecule has 1 heterocycles. The zero-order valence-electron chi connectivity index (χ0n) is 11.5. The van der Waals surface area contributed by atoms with Crippen molar-refractivity contribution in [3.63, 3.8) is 0 Å². The molecule has 7 heteroatoms. The van der Waals surface area contributed by atoms with Crippen LogP contribution in [0.1, 0.15) is 23.2 Å². The zero-order valence-corrected chi connectivity index (χ0v) is 13.9. The first-order valence-electron chi connectivity index (χ1n) is 6.65. The van der Waals surface area contributed by atoms with Gasteiger partial charge in [0.25, 0.3) is 5.91 Å². The van der Waals surface area contributed by atoms with E-state index in [0.717, 1.165) is 12.8 Å². The van der Waals surface area contributed by atoms with E-state index in [2.05, 4.69) is 27.8 Å². The molecule has 0 spiro atoms. The minimum absolute atomic E-state index is 0.149. The fourth-order valence-corrected chi connectivity index (χ4v) is 4.15. The number of nitrogens with zero attached hydrogens (tertiary/aromatic N) is 1. The number of rotatable bonds is 5. The molecule has 1 fully saturated rings. The molecule has 1 saturated heterocycles. The summed E-state index contributed by atoms with van der Waals surface area (Å²) in [4.78, 5) is 12.2. The van der Waals surface area contributed by atoms with Gasteiger partial charge in [0.15, 0.2) is 0 Å². The maximum atomic E-state index is 12.5. The van der Waals surface area contributed by atoms with E-state index in [1.807, 2.05) is 0 Å². The molecular formula is C14H17BrN2O3S. The normalized spacial score (nSPS) is 15.9. The minimum atomic E-state index is -3.52. The Morgan fingerprint density at radius 1 is 1.38 bits per heavy atom.